The van der Waals surface area contributed by atoms with Gasteiger partial charge in [0.25, 0.3) is 0 Å². The minimum Gasteiger partial charge on any atom is -0.340 e. The molecule has 1 saturated heterocycles. The van der Waals surface area contributed by atoms with Gasteiger partial charge in [-0.15, -0.1) is 0 Å². The lowest BCUT2D eigenvalue weighted by Crippen LogP contribution is -2.25. The lowest BCUT2D eigenvalue weighted by molar-refractivity contribution is 0.548. The molecule has 2 heterocycles. The van der Waals surface area contributed by atoms with Gasteiger partial charge in [0, 0.05) is 25.5 Å². The average molecular weight is 192 g/mol. The van der Waals surface area contributed by atoms with E-state index in [9.17, 15) is 0 Å². The van der Waals surface area contributed by atoms with Crippen molar-refractivity contribution in [2.24, 2.45) is 5.92 Å². The van der Waals surface area contributed by atoms with Crippen LogP contribution in [0.1, 0.15) is 6.42 Å². The summed E-state index contributed by atoms with van der Waals surface area (Å²) in [5.41, 5.74) is 0. The maximum atomic E-state index is 4.25. The highest BCUT2D eigenvalue weighted by Crippen LogP contribution is 2.19. The number of hydrogen-bond donors (Lipinski definition) is 1. The van der Waals surface area contributed by atoms with Crippen LogP contribution in [0.3, 0.4) is 0 Å². The van der Waals surface area contributed by atoms with Crippen molar-refractivity contribution in [3.05, 3.63) is 18.5 Å². The molecule has 0 amide bonds. The summed E-state index contributed by atoms with van der Waals surface area (Å²) in [6.45, 7) is 3.24. The van der Waals surface area contributed by atoms with Gasteiger partial charge in [-0.05, 0) is 32.0 Å². The summed E-state index contributed by atoms with van der Waals surface area (Å²) in [6.07, 6.45) is 4.83. The normalized spacial score (nSPS) is 21.5. The summed E-state index contributed by atoms with van der Waals surface area (Å²) in [5, 5.41) is 3.21. The molecule has 76 valence electrons. The van der Waals surface area contributed by atoms with E-state index in [-0.39, 0.29) is 0 Å². The molecular weight excluding hydrogens is 176 g/mol. The predicted molar refractivity (Wildman–Crippen MR) is 56.3 cm³/mol. The fourth-order valence-corrected chi connectivity index (χ4v) is 1.92. The Kier molecular flexibility index (Phi) is 2.93. The zero-order valence-corrected chi connectivity index (χ0v) is 8.48. The average Bonchev–Trinajstić information content (AvgIpc) is 2.68. The van der Waals surface area contributed by atoms with Crippen molar-refractivity contribution < 1.29 is 0 Å². The van der Waals surface area contributed by atoms with Crippen LogP contribution in [0.25, 0.3) is 0 Å². The van der Waals surface area contributed by atoms with E-state index in [2.05, 4.69) is 20.2 Å². The maximum absolute atomic E-state index is 4.25. The first-order valence-electron chi connectivity index (χ1n) is 5.06. The van der Waals surface area contributed by atoms with E-state index < -0.39 is 0 Å². The summed E-state index contributed by atoms with van der Waals surface area (Å²) in [7, 11) is 2.00. The third kappa shape index (κ3) is 2.01. The first kappa shape index (κ1) is 9.40. The molecule has 1 N–H and O–H groups in total. The van der Waals surface area contributed by atoms with Crippen LogP contribution in [0.5, 0.6) is 0 Å². The standard InChI is InChI=1S/C10H16N4/c1-11-7-9-3-6-14(8-9)10-12-4-2-5-13-10/h2,4-5,9,11H,3,6-8H2,1H3. The largest absolute Gasteiger partial charge is 0.340 e. The Morgan fingerprint density at radius 2 is 2.29 bits per heavy atom. The van der Waals surface area contributed by atoms with E-state index in [4.69, 9.17) is 0 Å². The Bertz CT molecular complexity index is 275. The third-order valence-corrected chi connectivity index (χ3v) is 2.61. The molecule has 1 aliphatic rings. The van der Waals surface area contributed by atoms with Gasteiger partial charge in [-0.25, -0.2) is 9.97 Å². The van der Waals surface area contributed by atoms with E-state index in [0.29, 0.717) is 0 Å². The van der Waals surface area contributed by atoms with Crippen LogP contribution in [0.2, 0.25) is 0 Å². The van der Waals surface area contributed by atoms with E-state index in [1.807, 2.05) is 13.1 Å². The Morgan fingerprint density at radius 3 is 3.00 bits per heavy atom. The van der Waals surface area contributed by atoms with Gasteiger partial charge >= 0.3 is 0 Å². The predicted octanol–water partition coefficient (Wildman–Crippen LogP) is 0.522. The van der Waals surface area contributed by atoms with Gasteiger partial charge in [0.15, 0.2) is 0 Å². The van der Waals surface area contributed by atoms with Crippen molar-refractivity contribution in [2.75, 3.05) is 31.6 Å². The number of nitrogens with zero attached hydrogens (tertiary/aromatic N) is 3. The highest BCUT2D eigenvalue weighted by Gasteiger charge is 2.23. The van der Waals surface area contributed by atoms with Gasteiger partial charge in [0.2, 0.25) is 5.95 Å². The number of rotatable bonds is 3. The molecule has 0 radical (unpaired) electrons. The fourth-order valence-electron chi connectivity index (χ4n) is 1.92. The van der Waals surface area contributed by atoms with Crippen LogP contribution in [-0.2, 0) is 0 Å². The van der Waals surface area contributed by atoms with Gasteiger partial charge in [-0.2, -0.15) is 0 Å². The number of nitrogens with one attached hydrogen (secondary N) is 1. The molecule has 1 aromatic rings. The van der Waals surface area contributed by atoms with Gasteiger partial charge in [-0.3, -0.25) is 0 Å². The second kappa shape index (κ2) is 4.37. The Balaban J connectivity index is 1.96. The molecule has 0 spiro atoms. The second-order valence-corrected chi connectivity index (χ2v) is 3.71. The molecule has 4 heteroatoms. The first-order chi connectivity index (χ1) is 6.90. The molecular formula is C10H16N4. The van der Waals surface area contributed by atoms with E-state index >= 15 is 0 Å². The molecule has 4 nitrogen and oxygen atoms in total. The van der Waals surface area contributed by atoms with Crippen LogP contribution < -0.4 is 10.2 Å². The number of aromatic nitrogens is 2. The molecule has 1 fully saturated rings. The molecule has 1 aliphatic heterocycles. The molecule has 14 heavy (non-hydrogen) atoms. The first-order valence-corrected chi connectivity index (χ1v) is 5.06. The van der Waals surface area contributed by atoms with Gasteiger partial charge in [0.1, 0.15) is 0 Å². The Labute approximate surface area is 84.4 Å². The van der Waals surface area contributed by atoms with Crippen LogP contribution in [-0.4, -0.2) is 36.6 Å². The van der Waals surface area contributed by atoms with Crippen molar-refractivity contribution in [3.8, 4) is 0 Å². The summed E-state index contributed by atoms with van der Waals surface area (Å²) in [6, 6.07) is 1.85. The summed E-state index contributed by atoms with van der Waals surface area (Å²) >= 11 is 0. The van der Waals surface area contributed by atoms with Crippen LogP contribution >= 0.6 is 0 Å². The molecule has 0 saturated carbocycles. The number of anilines is 1. The summed E-state index contributed by atoms with van der Waals surface area (Å²) in [5.74, 6) is 1.61. The molecule has 1 aromatic heterocycles. The zero-order valence-electron chi connectivity index (χ0n) is 8.48. The van der Waals surface area contributed by atoms with Crippen LogP contribution in [0.15, 0.2) is 18.5 Å². The topological polar surface area (TPSA) is 41.0 Å². The molecule has 1 atom stereocenters. The second-order valence-electron chi connectivity index (χ2n) is 3.71. The minimum absolute atomic E-state index is 0.740. The van der Waals surface area contributed by atoms with Crippen molar-refractivity contribution in [1.82, 2.24) is 15.3 Å². The smallest absolute Gasteiger partial charge is 0.225 e. The van der Waals surface area contributed by atoms with Gasteiger partial charge in [-0.1, -0.05) is 0 Å². The lowest BCUT2D eigenvalue weighted by Gasteiger charge is -2.15. The maximum Gasteiger partial charge on any atom is 0.225 e. The molecule has 0 aliphatic carbocycles. The minimum atomic E-state index is 0.740. The molecule has 2 rings (SSSR count). The lowest BCUT2D eigenvalue weighted by atomic mass is 10.1. The quantitative estimate of drug-likeness (QED) is 0.758. The highest BCUT2D eigenvalue weighted by molar-refractivity contribution is 5.30. The van der Waals surface area contributed by atoms with Crippen LogP contribution in [0.4, 0.5) is 5.95 Å². The highest BCUT2D eigenvalue weighted by atomic mass is 15.3. The fraction of sp³-hybridized carbons (Fsp3) is 0.600. The van der Waals surface area contributed by atoms with E-state index in [0.717, 1.165) is 31.5 Å². The molecule has 1 unspecified atom stereocenters. The van der Waals surface area contributed by atoms with E-state index in [1.54, 1.807) is 12.4 Å². The molecule has 0 bridgehead atoms. The Morgan fingerprint density at radius 1 is 1.50 bits per heavy atom. The van der Waals surface area contributed by atoms with Crippen molar-refractivity contribution >= 4 is 5.95 Å². The van der Waals surface area contributed by atoms with Crippen LogP contribution in [0, 0.1) is 5.92 Å². The molecule has 0 aromatic carbocycles. The Hall–Kier alpha value is -1.16. The monoisotopic (exact) mass is 192 g/mol. The van der Waals surface area contributed by atoms with Crippen molar-refractivity contribution in [3.63, 3.8) is 0 Å². The summed E-state index contributed by atoms with van der Waals surface area (Å²) < 4.78 is 0. The van der Waals surface area contributed by atoms with Gasteiger partial charge in [0.05, 0.1) is 0 Å². The number of hydrogen-bond acceptors (Lipinski definition) is 4. The SMILES string of the molecule is CNCC1CCN(c2ncccn2)C1. The summed E-state index contributed by atoms with van der Waals surface area (Å²) in [4.78, 5) is 10.8. The van der Waals surface area contributed by atoms with E-state index in [1.165, 1.54) is 6.42 Å². The van der Waals surface area contributed by atoms with Crippen molar-refractivity contribution in [1.29, 1.82) is 0 Å². The zero-order chi connectivity index (χ0) is 9.80. The third-order valence-electron chi connectivity index (χ3n) is 2.61. The van der Waals surface area contributed by atoms with Crippen molar-refractivity contribution in [2.45, 2.75) is 6.42 Å². The van der Waals surface area contributed by atoms with Gasteiger partial charge < -0.3 is 10.2 Å².